The molecule has 1 saturated heterocycles. The second-order valence-corrected chi connectivity index (χ2v) is 7.35. The van der Waals surface area contributed by atoms with E-state index in [0.29, 0.717) is 24.7 Å². The molecule has 0 radical (unpaired) electrons. The van der Waals surface area contributed by atoms with Gasteiger partial charge in [-0.1, -0.05) is 23.7 Å². The standard InChI is InChI=1S/C20H19ClFN5O2/c21-14-3-1-13(2-4-14)9-27-12-23-19(25-20(27)29)24-17-10-26(11-18(17)28)16-7-5-15(22)6-8-16/h1-8,12,17-18,28H,9-11H2,(H,24,25,29). The molecule has 0 saturated carbocycles. The molecule has 2 N–H and O–H groups in total. The van der Waals surface area contributed by atoms with Crippen LogP contribution >= 0.6 is 11.6 Å². The van der Waals surface area contributed by atoms with Gasteiger partial charge < -0.3 is 15.3 Å². The van der Waals surface area contributed by atoms with E-state index in [-0.39, 0.29) is 17.8 Å². The zero-order valence-electron chi connectivity index (χ0n) is 15.4. The van der Waals surface area contributed by atoms with Gasteiger partial charge in [-0.3, -0.25) is 4.57 Å². The second-order valence-electron chi connectivity index (χ2n) is 6.92. The number of β-amino-alcohol motifs (C(OH)–C–C–N with tert-alkyl or cyclic N) is 1. The molecule has 2 atom stereocenters. The van der Waals surface area contributed by atoms with Crippen LogP contribution in [0.2, 0.25) is 5.02 Å². The zero-order chi connectivity index (χ0) is 20.4. The smallest absolute Gasteiger partial charge is 0.352 e. The minimum atomic E-state index is -0.680. The Hall–Kier alpha value is -2.97. The molecule has 2 aromatic carbocycles. The lowest BCUT2D eigenvalue weighted by atomic mass is 10.2. The number of aromatic nitrogens is 3. The third-order valence-electron chi connectivity index (χ3n) is 4.83. The third-order valence-corrected chi connectivity index (χ3v) is 5.08. The number of rotatable bonds is 5. The number of anilines is 2. The molecule has 3 aromatic rings. The number of halogens is 2. The van der Waals surface area contributed by atoms with Crippen LogP contribution in [0, 0.1) is 5.82 Å². The van der Waals surface area contributed by atoms with Gasteiger partial charge in [-0.2, -0.15) is 4.98 Å². The molecule has 150 valence electrons. The van der Waals surface area contributed by atoms with Crippen LogP contribution < -0.4 is 15.9 Å². The van der Waals surface area contributed by atoms with E-state index in [4.69, 9.17) is 11.6 Å². The predicted molar refractivity (Wildman–Crippen MR) is 109 cm³/mol. The normalized spacial score (nSPS) is 18.8. The minimum absolute atomic E-state index is 0.160. The number of aliphatic hydroxyl groups is 1. The number of hydrogen-bond donors (Lipinski definition) is 2. The summed E-state index contributed by atoms with van der Waals surface area (Å²) in [6, 6.07) is 12.9. The molecule has 1 aromatic heterocycles. The molecule has 1 fully saturated rings. The summed E-state index contributed by atoms with van der Waals surface area (Å²) in [5.41, 5.74) is 1.27. The Kier molecular flexibility index (Phi) is 5.46. The Morgan fingerprint density at radius 1 is 1.14 bits per heavy atom. The second kappa shape index (κ2) is 8.18. The van der Waals surface area contributed by atoms with Gasteiger partial charge in [-0.05, 0) is 42.0 Å². The van der Waals surface area contributed by atoms with E-state index in [1.165, 1.54) is 23.0 Å². The Labute approximate surface area is 171 Å². The molecule has 1 aliphatic heterocycles. The number of benzene rings is 2. The molecule has 0 spiro atoms. The van der Waals surface area contributed by atoms with Gasteiger partial charge in [-0.15, -0.1) is 0 Å². The summed E-state index contributed by atoms with van der Waals surface area (Å²) in [7, 11) is 0. The lowest BCUT2D eigenvalue weighted by molar-refractivity contribution is 0.186. The van der Waals surface area contributed by atoms with Crippen molar-refractivity contribution in [3.8, 4) is 0 Å². The topological polar surface area (TPSA) is 83.3 Å². The molecule has 0 bridgehead atoms. The van der Waals surface area contributed by atoms with Gasteiger partial charge in [0.05, 0.1) is 18.7 Å². The average Bonchev–Trinajstić information content (AvgIpc) is 3.06. The van der Waals surface area contributed by atoms with Gasteiger partial charge >= 0.3 is 5.69 Å². The first-order chi connectivity index (χ1) is 14.0. The first-order valence-electron chi connectivity index (χ1n) is 9.11. The van der Waals surface area contributed by atoms with Gasteiger partial charge in [0.2, 0.25) is 5.95 Å². The van der Waals surface area contributed by atoms with E-state index in [1.54, 1.807) is 24.3 Å². The van der Waals surface area contributed by atoms with Crippen molar-refractivity contribution >= 4 is 23.2 Å². The molecule has 4 rings (SSSR count). The maximum Gasteiger partial charge on any atom is 0.352 e. The average molecular weight is 416 g/mol. The van der Waals surface area contributed by atoms with Crippen LogP contribution in [0.15, 0.2) is 59.7 Å². The van der Waals surface area contributed by atoms with E-state index in [1.807, 2.05) is 17.0 Å². The Morgan fingerprint density at radius 3 is 2.55 bits per heavy atom. The first-order valence-corrected chi connectivity index (χ1v) is 9.49. The Bertz CT molecular complexity index is 1040. The lowest BCUT2D eigenvalue weighted by Gasteiger charge is -2.18. The summed E-state index contributed by atoms with van der Waals surface area (Å²) in [6.07, 6.45) is 0.742. The fourth-order valence-corrected chi connectivity index (χ4v) is 3.41. The maximum atomic E-state index is 13.1. The van der Waals surface area contributed by atoms with Crippen molar-refractivity contribution in [1.29, 1.82) is 0 Å². The van der Waals surface area contributed by atoms with Crippen molar-refractivity contribution in [2.75, 3.05) is 23.3 Å². The van der Waals surface area contributed by atoms with E-state index in [2.05, 4.69) is 15.3 Å². The minimum Gasteiger partial charge on any atom is -0.389 e. The predicted octanol–water partition coefficient (Wildman–Crippen LogP) is 2.14. The highest BCUT2D eigenvalue weighted by Gasteiger charge is 2.32. The summed E-state index contributed by atoms with van der Waals surface area (Å²) in [4.78, 5) is 22.4. The van der Waals surface area contributed by atoms with Crippen LogP contribution in [-0.2, 0) is 6.54 Å². The van der Waals surface area contributed by atoms with E-state index in [9.17, 15) is 14.3 Å². The van der Waals surface area contributed by atoms with Crippen LogP contribution in [0.25, 0.3) is 0 Å². The molecule has 7 nitrogen and oxygen atoms in total. The van der Waals surface area contributed by atoms with Gasteiger partial charge in [0.15, 0.2) is 0 Å². The highest BCUT2D eigenvalue weighted by atomic mass is 35.5. The van der Waals surface area contributed by atoms with Crippen molar-refractivity contribution in [2.24, 2.45) is 0 Å². The highest BCUT2D eigenvalue weighted by molar-refractivity contribution is 6.30. The molecule has 9 heteroatoms. The molecule has 2 heterocycles. The van der Waals surface area contributed by atoms with Gasteiger partial charge in [-0.25, -0.2) is 14.2 Å². The Morgan fingerprint density at radius 2 is 1.86 bits per heavy atom. The van der Waals surface area contributed by atoms with Crippen LogP contribution in [0.1, 0.15) is 5.56 Å². The van der Waals surface area contributed by atoms with Crippen molar-refractivity contribution in [3.63, 3.8) is 0 Å². The maximum absolute atomic E-state index is 13.1. The van der Waals surface area contributed by atoms with Crippen molar-refractivity contribution in [3.05, 3.63) is 81.7 Å². The third kappa shape index (κ3) is 4.55. The summed E-state index contributed by atoms with van der Waals surface area (Å²) < 4.78 is 14.5. The van der Waals surface area contributed by atoms with Gasteiger partial charge in [0, 0.05) is 23.8 Å². The molecule has 29 heavy (non-hydrogen) atoms. The summed E-state index contributed by atoms with van der Waals surface area (Å²) in [5, 5.41) is 14.0. The summed E-state index contributed by atoms with van der Waals surface area (Å²) in [5.74, 6) is -0.150. The van der Waals surface area contributed by atoms with Crippen LogP contribution in [0.3, 0.4) is 0 Å². The van der Waals surface area contributed by atoms with Crippen LogP contribution in [0.4, 0.5) is 16.0 Å². The summed E-state index contributed by atoms with van der Waals surface area (Å²) >= 11 is 5.87. The van der Waals surface area contributed by atoms with E-state index >= 15 is 0 Å². The van der Waals surface area contributed by atoms with Crippen LogP contribution in [-0.4, -0.2) is 44.9 Å². The van der Waals surface area contributed by atoms with E-state index in [0.717, 1.165) is 11.3 Å². The molecule has 0 aliphatic carbocycles. The Balaban J connectivity index is 1.42. The molecular weight excluding hydrogens is 397 g/mol. The van der Waals surface area contributed by atoms with Crippen molar-refractivity contribution in [1.82, 2.24) is 14.5 Å². The summed E-state index contributed by atoms with van der Waals surface area (Å²) in [6.45, 7) is 1.20. The quantitative estimate of drug-likeness (QED) is 0.664. The fraction of sp³-hybridized carbons (Fsp3) is 0.250. The molecule has 2 unspecified atom stereocenters. The van der Waals surface area contributed by atoms with Crippen molar-refractivity contribution < 1.29 is 9.50 Å². The number of nitrogens with zero attached hydrogens (tertiary/aromatic N) is 4. The monoisotopic (exact) mass is 415 g/mol. The number of aliphatic hydroxyl groups excluding tert-OH is 1. The van der Waals surface area contributed by atoms with E-state index < -0.39 is 11.8 Å². The zero-order valence-corrected chi connectivity index (χ0v) is 16.1. The molecular formula is C20H19ClFN5O2. The van der Waals surface area contributed by atoms with Crippen molar-refractivity contribution in [2.45, 2.75) is 18.7 Å². The fourth-order valence-electron chi connectivity index (χ4n) is 3.28. The number of nitrogens with one attached hydrogen (secondary N) is 1. The SMILES string of the molecule is O=c1nc(NC2CN(c3ccc(F)cc3)CC2O)ncn1Cc1ccc(Cl)cc1. The largest absolute Gasteiger partial charge is 0.389 e. The first kappa shape index (κ1) is 19.4. The molecule has 0 amide bonds. The van der Waals surface area contributed by atoms with Crippen LogP contribution in [0.5, 0.6) is 0 Å². The van der Waals surface area contributed by atoms with Gasteiger partial charge in [0.25, 0.3) is 0 Å². The lowest BCUT2D eigenvalue weighted by Crippen LogP contribution is -2.34. The highest BCUT2D eigenvalue weighted by Crippen LogP contribution is 2.22. The number of hydrogen-bond acceptors (Lipinski definition) is 6. The molecule has 1 aliphatic rings. The van der Waals surface area contributed by atoms with Gasteiger partial charge in [0.1, 0.15) is 12.1 Å².